The molecule has 0 unspecified atom stereocenters. The maximum absolute atomic E-state index is 5.34. The highest BCUT2D eigenvalue weighted by Gasteiger charge is 2.05. The molecule has 0 aliphatic heterocycles. The third-order valence-corrected chi connectivity index (χ3v) is 3.71. The highest BCUT2D eigenvalue weighted by atomic mass is 16.5. The molecule has 0 aliphatic carbocycles. The monoisotopic (exact) mass is 361 g/mol. The van der Waals surface area contributed by atoms with Crippen molar-refractivity contribution in [1.82, 2.24) is 10.6 Å². The van der Waals surface area contributed by atoms with E-state index < -0.39 is 0 Å². The van der Waals surface area contributed by atoms with E-state index in [1.807, 2.05) is 30.3 Å². The molecule has 0 spiro atoms. The Bertz CT molecular complexity index is 671. The second-order valence-corrected chi connectivity index (χ2v) is 5.53. The van der Waals surface area contributed by atoms with E-state index >= 15 is 0 Å². The van der Waals surface area contributed by atoms with E-state index in [0.29, 0.717) is 31.2 Å². The molecular weight excluding hydrogens is 334 g/mol. The highest BCUT2D eigenvalue weighted by Crippen LogP contribution is 2.27. The number of guanidine groups is 1. The van der Waals surface area contributed by atoms with Gasteiger partial charge in [0.05, 0.1) is 33.6 Å². The Balaban J connectivity index is 1.96. The third-order valence-electron chi connectivity index (χ3n) is 3.71. The summed E-state index contributed by atoms with van der Waals surface area (Å²) in [6, 6.07) is 9.63. The number of furan rings is 1. The first-order chi connectivity index (χ1) is 12.8. The van der Waals surface area contributed by atoms with Crippen molar-refractivity contribution in [2.75, 3.05) is 41.0 Å². The summed E-state index contributed by atoms with van der Waals surface area (Å²) >= 11 is 0. The van der Waals surface area contributed by atoms with Gasteiger partial charge >= 0.3 is 0 Å². The van der Waals surface area contributed by atoms with Crippen molar-refractivity contribution in [2.45, 2.75) is 13.0 Å². The maximum atomic E-state index is 5.34. The molecule has 2 rings (SSSR count). The second-order valence-electron chi connectivity index (χ2n) is 5.53. The molecule has 1 aromatic heterocycles. The highest BCUT2D eigenvalue weighted by molar-refractivity contribution is 5.79. The van der Waals surface area contributed by atoms with Crippen molar-refractivity contribution in [3.63, 3.8) is 0 Å². The van der Waals surface area contributed by atoms with E-state index in [9.17, 15) is 0 Å². The summed E-state index contributed by atoms with van der Waals surface area (Å²) in [4.78, 5) is 4.63. The van der Waals surface area contributed by atoms with Gasteiger partial charge in [0, 0.05) is 26.6 Å². The molecule has 0 saturated heterocycles. The van der Waals surface area contributed by atoms with Crippen LogP contribution in [-0.2, 0) is 17.7 Å². The van der Waals surface area contributed by atoms with Gasteiger partial charge in [0.15, 0.2) is 17.5 Å². The summed E-state index contributed by atoms with van der Waals surface area (Å²) in [5.74, 6) is 3.06. The van der Waals surface area contributed by atoms with Crippen molar-refractivity contribution in [3.8, 4) is 11.5 Å². The van der Waals surface area contributed by atoms with Gasteiger partial charge in [0.2, 0.25) is 0 Å². The molecule has 7 nitrogen and oxygen atoms in total. The van der Waals surface area contributed by atoms with Crippen molar-refractivity contribution < 1.29 is 18.6 Å². The largest absolute Gasteiger partial charge is 0.493 e. The van der Waals surface area contributed by atoms with Gasteiger partial charge in [0.25, 0.3) is 0 Å². The lowest BCUT2D eigenvalue weighted by atomic mass is 10.2. The van der Waals surface area contributed by atoms with E-state index in [1.165, 1.54) is 0 Å². The van der Waals surface area contributed by atoms with Crippen molar-refractivity contribution >= 4 is 5.96 Å². The van der Waals surface area contributed by atoms with Gasteiger partial charge in [-0.25, -0.2) is 4.99 Å². The summed E-state index contributed by atoms with van der Waals surface area (Å²) in [7, 11) is 4.92. The van der Waals surface area contributed by atoms with Crippen LogP contribution >= 0.6 is 0 Å². The fourth-order valence-electron chi connectivity index (χ4n) is 2.35. The fraction of sp³-hybridized carbons (Fsp3) is 0.421. The van der Waals surface area contributed by atoms with Gasteiger partial charge in [-0.05, 0) is 29.8 Å². The lowest BCUT2D eigenvalue weighted by Gasteiger charge is -2.13. The predicted octanol–water partition coefficient (Wildman–Crippen LogP) is 2.22. The topological polar surface area (TPSA) is 77.2 Å². The first-order valence-electron chi connectivity index (χ1n) is 8.51. The molecular formula is C19H27N3O4. The molecule has 0 bridgehead atoms. The molecule has 0 fully saturated rings. The number of rotatable bonds is 10. The molecule has 26 heavy (non-hydrogen) atoms. The van der Waals surface area contributed by atoms with Crippen molar-refractivity contribution in [2.24, 2.45) is 4.99 Å². The maximum Gasteiger partial charge on any atom is 0.191 e. The third kappa shape index (κ3) is 6.33. The fourth-order valence-corrected chi connectivity index (χ4v) is 2.35. The molecule has 2 N–H and O–H groups in total. The van der Waals surface area contributed by atoms with Gasteiger partial charge < -0.3 is 29.3 Å². The van der Waals surface area contributed by atoms with Crippen LogP contribution in [0.25, 0.3) is 0 Å². The lowest BCUT2D eigenvalue weighted by molar-refractivity contribution is 0.203. The number of methoxy groups -OCH3 is 3. The molecule has 2 aromatic rings. The van der Waals surface area contributed by atoms with Crippen LogP contribution in [0.2, 0.25) is 0 Å². The molecule has 1 heterocycles. The SMILES string of the molecule is COCCNC(=NCc1ccc(OC)c(OC)c1)NCCc1ccco1. The summed E-state index contributed by atoms with van der Waals surface area (Å²) in [5.41, 5.74) is 1.03. The standard InChI is InChI=1S/C19H27N3O4/c1-23-12-10-21-19(20-9-8-16-5-4-11-26-16)22-14-15-6-7-17(24-2)18(13-15)25-3/h4-7,11,13H,8-10,12,14H2,1-3H3,(H2,20,21,22). The molecule has 142 valence electrons. The number of hydrogen-bond acceptors (Lipinski definition) is 5. The zero-order valence-corrected chi connectivity index (χ0v) is 15.6. The number of aliphatic imine (C=N–C) groups is 1. The quantitative estimate of drug-likeness (QED) is 0.384. The number of benzene rings is 1. The molecule has 7 heteroatoms. The van der Waals surface area contributed by atoms with Gasteiger partial charge in [0.1, 0.15) is 5.76 Å². The average Bonchev–Trinajstić information content (AvgIpc) is 3.19. The summed E-state index contributed by atoms with van der Waals surface area (Å²) in [5, 5.41) is 6.56. The number of nitrogens with one attached hydrogen (secondary N) is 2. The first-order valence-corrected chi connectivity index (χ1v) is 8.51. The van der Waals surface area contributed by atoms with Crippen LogP contribution in [0.15, 0.2) is 46.0 Å². The van der Waals surface area contributed by atoms with Crippen LogP contribution in [0.4, 0.5) is 0 Å². The van der Waals surface area contributed by atoms with Crippen LogP contribution in [-0.4, -0.2) is 47.0 Å². The Kier molecular flexibility index (Phi) is 8.35. The van der Waals surface area contributed by atoms with Crippen LogP contribution in [0.1, 0.15) is 11.3 Å². The molecule has 0 aliphatic rings. The molecule has 0 saturated carbocycles. The van der Waals surface area contributed by atoms with E-state index in [0.717, 1.165) is 30.2 Å². The number of ether oxygens (including phenoxy) is 3. The van der Waals surface area contributed by atoms with Crippen molar-refractivity contribution in [1.29, 1.82) is 0 Å². The Hall–Kier alpha value is -2.67. The van der Waals surface area contributed by atoms with E-state index in [2.05, 4.69) is 15.6 Å². The van der Waals surface area contributed by atoms with Crippen molar-refractivity contribution in [3.05, 3.63) is 47.9 Å². The van der Waals surface area contributed by atoms with E-state index in [-0.39, 0.29) is 0 Å². The van der Waals surface area contributed by atoms with Gasteiger partial charge in [-0.3, -0.25) is 0 Å². The number of hydrogen-bond donors (Lipinski definition) is 2. The predicted molar refractivity (Wildman–Crippen MR) is 101 cm³/mol. The van der Waals surface area contributed by atoms with E-state index in [4.69, 9.17) is 18.6 Å². The van der Waals surface area contributed by atoms with E-state index in [1.54, 1.807) is 27.6 Å². The van der Waals surface area contributed by atoms with Crippen LogP contribution in [0, 0.1) is 0 Å². The van der Waals surface area contributed by atoms with Gasteiger partial charge in [-0.2, -0.15) is 0 Å². The van der Waals surface area contributed by atoms with Gasteiger partial charge in [-0.15, -0.1) is 0 Å². The lowest BCUT2D eigenvalue weighted by Crippen LogP contribution is -2.40. The summed E-state index contributed by atoms with van der Waals surface area (Å²) < 4.78 is 21.0. The Labute approximate surface area is 154 Å². The second kappa shape index (κ2) is 11.0. The van der Waals surface area contributed by atoms with Gasteiger partial charge in [-0.1, -0.05) is 6.07 Å². The Morgan fingerprint density at radius 1 is 1.04 bits per heavy atom. The number of nitrogens with zero attached hydrogens (tertiary/aromatic N) is 1. The first kappa shape index (κ1) is 19.7. The van der Waals surface area contributed by atoms with Crippen LogP contribution in [0.5, 0.6) is 11.5 Å². The molecule has 1 aromatic carbocycles. The zero-order chi connectivity index (χ0) is 18.6. The summed E-state index contributed by atoms with van der Waals surface area (Å²) in [6.07, 6.45) is 2.46. The Morgan fingerprint density at radius 2 is 1.85 bits per heavy atom. The normalized spacial score (nSPS) is 11.3. The average molecular weight is 361 g/mol. The van der Waals surface area contributed by atoms with Crippen LogP contribution in [0.3, 0.4) is 0 Å². The zero-order valence-electron chi connectivity index (χ0n) is 15.6. The smallest absolute Gasteiger partial charge is 0.191 e. The minimum absolute atomic E-state index is 0.517. The summed E-state index contributed by atoms with van der Waals surface area (Å²) in [6.45, 7) is 2.52. The minimum Gasteiger partial charge on any atom is -0.493 e. The Morgan fingerprint density at radius 3 is 2.54 bits per heavy atom. The molecule has 0 atom stereocenters. The molecule has 0 amide bonds. The minimum atomic E-state index is 0.517. The van der Waals surface area contributed by atoms with Crippen LogP contribution < -0.4 is 20.1 Å². The molecule has 0 radical (unpaired) electrons.